The van der Waals surface area contributed by atoms with Crippen LogP contribution in [0.4, 0.5) is 13.2 Å². The molecule has 4 rings (SSSR count). The number of aromatic nitrogens is 1. The molecule has 0 saturated heterocycles. The van der Waals surface area contributed by atoms with Crippen LogP contribution in [0, 0.1) is 10.7 Å². The number of thiocyanates is 1. The highest BCUT2D eigenvalue weighted by Crippen LogP contribution is 2.46. The van der Waals surface area contributed by atoms with Crippen LogP contribution in [0.2, 0.25) is 0 Å². The molecular formula is C24H17F3N2S. The van der Waals surface area contributed by atoms with E-state index in [-0.39, 0.29) is 0 Å². The maximum absolute atomic E-state index is 13.7. The molecule has 1 atom stereocenters. The molecule has 0 radical (unpaired) electrons. The Morgan fingerprint density at radius 2 is 1.57 bits per heavy atom. The number of rotatable bonds is 5. The van der Waals surface area contributed by atoms with Crippen LogP contribution in [0.5, 0.6) is 0 Å². The van der Waals surface area contributed by atoms with Crippen LogP contribution in [-0.2, 0) is 0 Å². The van der Waals surface area contributed by atoms with Crippen molar-refractivity contribution in [2.45, 2.75) is 23.4 Å². The van der Waals surface area contributed by atoms with Gasteiger partial charge in [0.15, 0.2) is 0 Å². The monoisotopic (exact) mass is 422 g/mol. The normalized spacial score (nSPS) is 12.6. The van der Waals surface area contributed by atoms with Crippen molar-refractivity contribution < 1.29 is 13.2 Å². The summed E-state index contributed by atoms with van der Waals surface area (Å²) in [6.07, 6.45) is -5.34. The number of halogens is 3. The molecule has 1 heterocycles. The fraction of sp³-hybridized carbons (Fsp3) is 0.125. The molecule has 0 amide bonds. The van der Waals surface area contributed by atoms with Crippen molar-refractivity contribution in [3.05, 3.63) is 90.0 Å². The Kier molecular flexibility index (Phi) is 5.56. The van der Waals surface area contributed by atoms with Crippen LogP contribution in [-0.4, -0.2) is 11.2 Å². The topological polar surface area (TPSA) is 39.6 Å². The van der Waals surface area contributed by atoms with Gasteiger partial charge in [-0.25, -0.2) is 0 Å². The van der Waals surface area contributed by atoms with E-state index in [9.17, 15) is 18.4 Å². The zero-order valence-corrected chi connectivity index (χ0v) is 16.6. The second-order valence-electron chi connectivity index (χ2n) is 6.93. The summed E-state index contributed by atoms with van der Waals surface area (Å²) in [6, 6.07) is 23.5. The molecule has 6 heteroatoms. The number of thioether (sulfide) groups is 1. The number of nitrogens with zero attached hydrogens (tertiary/aromatic N) is 1. The first-order valence-electron chi connectivity index (χ1n) is 9.35. The van der Waals surface area contributed by atoms with Crippen molar-refractivity contribution in [2.75, 3.05) is 0 Å². The molecule has 1 unspecified atom stereocenters. The first-order chi connectivity index (χ1) is 14.5. The Bertz CT molecular complexity index is 1190. The zero-order valence-electron chi connectivity index (χ0n) is 15.8. The van der Waals surface area contributed by atoms with Crippen molar-refractivity contribution in [3.63, 3.8) is 0 Å². The molecule has 0 saturated carbocycles. The van der Waals surface area contributed by atoms with E-state index in [0.29, 0.717) is 32.6 Å². The van der Waals surface area contributed by atoms with Gasteiger partial charge in [0.05, 0.1) is 12.1 Å². The Labute approximate surface area is 176 Å². The molecule has 1 aromatic heterocycles. The number of fused-ring (bicyclic) bond motifs is 1. The van der Waals surface area contributed by atoms with Crippen molar-refractivity contribution in [1.29, 1.82) is 5.26 Å². The maximum Gasteiger partial charge on any atom is 0.390 e. The molecular weight excluding hydrogens is 405 g/mol. The zero-order chi connectivity index (χ0) is 21.1. The lowest BCUT2D eigenvalue weighted by molar-refractivity contribution is -0.136. The van der Waals surface area contributed by atoms with Crippen LogP contribution >= 0.6 is 11.8 Å². The third-order valence-electron chi connectivity index (χ3n) is 5.03. The van der Waals surface area contributed by atoms with Gasteiger partial charge in [-0.3, -0.25) is 0 Å². The van der Waals surface area contributed by atoms with Gasteiger partial charge in [0.1, 0.15) is 5.40 Å². The van der Waals surface area contributed by atoms with Gasteiger partial charge in [0.25, 0.3) is 0 Å². The maximum atomic E-state index is 13.7. The first-order valence-corrected chi connectivity index (χ1v) is 10.2. The van der Waals surface area contributed by atoms with Crippen LogP contribution in [0.15, 0.2) is 83.8 Å². The van der Waals surface area contributed by atoms with Gasteiger partial charge < -0.3 is 4.98 Å². The number of aromatic amines is 1. The predicted octanol–water partition coefficient (Wildman–Crippen LogP) is 7.49. The summed E-state index contributed by atoms with van der Waals surface area (Å²) >= 11 is 0.962. The average molecular weight is 422 g/mol. The van der Waals surface area contributed by atoms with Crippen molar-refractivity contribution in [1.82, 2.24) is 4.98 Å². The molecule has 0 aliphatic rings. The van der Waals surface area contributed by atoms with Gasteiger partial charge in [0.2, 0.25) is 0 Å². The molecule has 2 nitrogen and oxygen atoms in total. The third-order valence-corrected chi connectivity index (χ3v) is 5.68. The summed E-state index contributed by atoms with van der Waals surface area (Å²) in [5.41, 5.74) is 3.32. The van der Waals surface area contributed by atoms with E-state index >= 15 is 0 Å². The van der Waals surface area contributed by atoms with E-state index in [0.717, 1.165) is 17.3 Å². The Morgan fingerprint density at radius 3 is 2.20 bits per heavy atom. The lowest BCUT2D eigenvalue weighted by atomic mass is 9.85. The summed E-state index contributed by atoms with van der Waals surface area (Å²) in [5.74, 6) is -0.907. The number of nitrogens with one attached hydrogen (secondary N) is 1. The van der Waals surface area contributed by atoms with Gasteiger partial charge >= 0.3 is 6.18 Å². The fourth-order valence-corrected chi connectivity index (χ4v) is 4.43. The second kappa shape index (κ2) is 8.29. The number of hydrogen-bond acceptors (Lipinski definition) is 2. The van der Waals surface area contributed by atoms with Gasteiger partial charge in [-0.05, 0) is 40.6 Å². The fourth-order valence-electron chi connectivity index (χ4n) is 3.86. The minimum Gasteiger partial charge on any atom is -0.354 e. The molecule has 4 aromatic rings. The number of hydrogen-bond donors (Lipinski definition) is 1. The van der Waals surface area contributed by atoms with Gasteiger partial charge in [0, 0.05) is 21.7 Å². The Balaban J connectivity index is 2.06. The van der Waals surface area contributed by atoms with E-state index < -0.39 is 18.5 Å². The van der Waals surface area contributed by atoms with Crippen molar-refractivity contribution in [2.24, 2.45) is 0 Å². The average Bonchev–Trinajstić information content (AvgIpc) is 3.13. The molecule has 0 aliphatic carbocycles. The smallest absolute Gasteiger partial charge is 0.354 e. The van der Waals surface area contributed by atoms with Crippen LogP contribution in [0.1, 0.15) is 23.5 Å². The van der Waals surface area contributed by atoms with E-state index in [1.165, 1.54) is 0 Å². The van der Waals surface area contributed by atoms with Crippen molar-refractivity contribution in [3.8, 4) is 16.7 Å². The number of nitriles is 1. The minimum absolute atomic E-state index is 0.568. The number of H-pyrrole nitrogens is 1. The highest BCUT2D eigenvalue weighted by atomic mass is 32.2. The van der Waals surface area contributed by atoms with Gasteiger partial charge in [-0.2, -0.15) is 18.4 Å². The highest BCUT2D eigenvalue weighted by molar-refractivity contribution is 8.04. The Hall–Kier alpha value is -3.17. The SMILES string of the molecule is N#CSc1cccc2[nH]c(-c3ccccc3)c(C(CC(F)(F)F)c3ccccc3)c12. The largest absolute Gasteiger partial charge is 0.390 e. The summed E-state index contributed by atoms with van der Waals surface area (Å²) in [4.78, 5) is 3.97. The molecule has 3 aromatic carbocycles. The van der Waals surface area contributed by atoms with Gasteiger partial charge in [-0.1, -0.05) is 66.7 Å². The molecule has 0 aliphatic heterocycles. The van der Waals surface area contributed by atoms with Crippen LogP contribution < -0.4 is 0 Å². The lowest BCUT2D eigenvalue weighted by Gasteiger charge is -2.21. The molecule has 0 spiro atoms. The van der Waals surface area contributed by atoms with Crippen LogP contribution in [0.25, 0.3) is 22.2 Å². The predicted molar refractivity (Wildman–Crippen MR) is 114 cm³/mol. The lowest BCUT2D eigenvalue weighted by Crippen LogP contribution is -2.15. The van der Waals surface area contributed by atoms with Gasteiger partial charge in [-0.15, -0.1) is 0 Å². The summed E-state index contributed by atoms with van der Waals surface area (Å²) in [5, 5.41) is 12.0. The molecule has 0 fully saturated rings. The van der Waals surface area contributed by atoms with Crippen molar-refractivity contribution >= 4 is 22.7 Å². The first kappa shape index (κ1) is 20.1. The standard InChI is InChI=1S/C24H17F3N2S/c25-24(26,27)14-18(16-8-3-1-4-9-16)21-22-19(12-7-13-20(22)30-15-28)29-23(21)17-10-5-2-6-11-17/h1-13,18,29H,14H2. The van der Waals surface area contributed by atoms with E-state index in [1.54, 1.807) is 42.5 Å². The summed E-state index contributed by atoms with van der Waals surface area (Å²) in [7, 11) is 0. The number of benzene rings is 3. The van der Waals surface area contributed by atoms with E-state index in [4.69, 9.17) is 0 Å². The second-order valence-corrected chi connectivity index (χ2v) is 7.76. The third kappa shape index (κ3) is 4.07. The minimum atomic E-state index is -4.35. The molecule has 0 bridgehead atoms. The van der Waals surface area contributed by atoms with Crippen LogP contribution in [0.3, 0.4) is 0 Å². The summed E-state index contributed by atoms with van der Waals surface area (Å²) in [6.45, 7) is 0. The van der Waals surface area contributed by atoms with E-state index in [2.05, 4.69) is 10.4 Å². The Morgan fingerprint density at radius 1 is 0.900 bits per heavy atom. The summed E-state index contributed by atoms with van der Waals surface area (Å²) < 4.78 is 41.1. The molecule has 1 N–H and O–H groups in total. The number of alkyl halides is 3. The van der Waals surface area contributed by atoms with E-state index in [1.807, 2.05) is 36.4 Å². The quantitative estimate of drug-likeness (QED) is 0.267. The molecule has 150 valence electrons. The molecule has 30 heavy (non-hydrogen) atoms. The highest BCUT2D eigenvalue weighted by Gasteiger charge is 2.36.